The van der Waals surface area contributed by atoms with Gasteiger partial charge in [-0.3, -0.25) is 4.90 Å². The summed E-state index contributed by atoms with van der Waals surface area (Å²) in [5.74, 6) is 0.729. The largest absolute Gasteiger partial charge is 0.379 e. The van der Waals surface area contributed by atoms with E-state index in [4.69, 9.17) is 16.3 Å². The van der Waals surface area contributed by atoms with Crippen LogP contribution in [0.4, 0.5) is 5.82 Å². The van der Waals surface area contributed by atoms with E-state index in [0.29, 0.717) is 17.7 Å². The molecule has 1 aliphatic heterocycles. The highest BCUT2D eigenvalue weighted by Gasteiger charge is 2.27. The molecule has 1 saturated carbocycles. The van der Waals surface area contributed by atoms with Crippen LogP contribution in [0.2, 0.25) is 5.28 Å². The topological polar surface area (TPSA) is 81.0 Å². The number of nitrogens with one attached hydrogen (secondary N) is 1. The van der Waals surface area contributed by atoms with Gasteiger partial charge in [0.2, 0.25) is 10.9 Å². The lowest BCUT2D eigenvalue weighted by atomic mass is 9.90. The molecule has 3 heterocycles. The fourth-order valence-electron chi connectivity index (χ4n) is 3.76. The predicted molar refractivity (Wildman–Crippen MR) is 91.2 cm³/mol. The average molecular weight is 352 g/mol. The monoisotopic (exact) mass is 351 g/mol. The summed E-state index contributed by atoms with van der Waals surface area (Å²) < 4.78 is 7.14. The van der Waals surface area contributed by atoms with E-state index in [9.17, 15) is 0 Å². The number of hydrogen-bond acceptors (Lipinski definition) is 7. The van der Waals surface area contributed by atoms with Crippen molar-refractivity contribution in [1.29, 1.82) is 0 Å². The van der Waals surface area contributed by atoms with E-state index in [1.54, 1.807) is 4.68 Å². The van der Waals surface area contributed by atoms with Crippen LogP contribution in [0.1, 0.15) is 25.7 Å². The zero-order valence-electron chi connectivity index (χ0n) is 13.8. The molecule has 1 aliphatic carbocycles. The van der Waals surface area contributed by atoms with Crippen LogP contribution in [0.25, 0.3) is 11.2 Å². The highest BCUT2D eigenvalue weighted by atomic mass is 35.5. The van der Waals surface area contributed by atoms with Gasteiger partial charge in [0.05, 0.1) is 13.2 Å². The summed E-state index contributed by atoms with van der Waals surface area (Å²) >= 11 is 6.02. The molecule has 0 spiro atoms. The summed E-state index contributed by atoms with van der Waals surface area (Å²) in [6, 6.07) is 1.07. The molecule has 0 atom stereocenters. The molecule has 8 nitrogen and oxygen atoms in total. The smallest absolute Gasteiger partial charge is 0.226 e. The highest BCUT2D eigenvalue weighted by Crippen LogP contribution is 2.28. The van der Waals surface area contributed by atoms with Gasteiger partial charge in [-0.05, 0) is 37.3 Å². The second kappa shape index (κ2) is 6.78. The van der Waals surface area contributed by atoms with Crippen LogP contribution in [0.5, 0.6) is 0 Å². The van der Waals surface area contributed by atoms with Crippen molar-refractivity contribution in [2.45, 2.75) is 37.8 Å². The quantitative estimate of drug-likeness (QED) is 0.838. The number of aromatic nitrogens is 5. The van der Waals surface area contributed by atoms with Crippen LogP contribution in [0.15, 0.2) is 0 Å². The van der Waals surface area contributed by atoms with E-state index in [-0.39, 0.29) is 5.28 Å². The Morgan fingerprint density at radius 3 is 2.62 bits per heavy atom. The molecule has 1 saturated heterocycles. The molecule has 0 radical (unpaired) electrons. The summed E-state index contributed by atoms with van der Waals surface area (Å²) in [5.41, 5.74) is 1.33. The third-order valence-corrected chi connectivity index (χ3v) is 5.20. The van der Waals surface area contributed by atoms with Crippen LogP contribution in [0, 0.1) is 0 Å². The Labute approximate surface area is 145 Å². The Hall–Kier alpha value is -1.51. The number of fused-ring (bicyclic) bond motifs is 1. The lowest BCUT2D eigenvalue weighted by Gasteiger charge is -2.39. The number of anilines is 1. The minimum Gasteiger partial charge on any atom is -0.379 e. The molecule has 0 aromatic carbocycles. The van der Waals surface area contributed by atoms with Gasteiger partial charge in [0, 0.05) is 32.2 Å². The zero-order chi connectivity index (χ0) is 16.5. The molecule has 4 rings (SSSR count). The van der Waals surface area contributed by atoms with Crippen LogP contribution in [0.3, 0.4) is 0 Å². The average Bonchev–Trinajstić information content (AvgIpc) is 2.97. The van der Waals surface area contributed by atoms with Crippen LogP contribution in [-0.2, 0) is 11.8 Å². The van der Waals surface area contributed by atoms with Crippen molar-refractivity contribution in [2.75, 3.05) is 31.6 Å². The first kappa shape index (κ1) is 16.0. The molecule has 2 fully saturated rings. The van der Waals surface area contributed by atoms with E-state index in [2.05, 4.69) is 30.5 Å². The number of morpholine rings is 1. The van der Waals surface area contributed by atoms with Crippen molar-refractivity contribution in [3.8, 4) is 0 Å². The first-order chi connectivity index (χ1) is 11.7. The lowest BCUT2D eigenvalue weighted by molar-refractivity contribution is 0.00791. The van der Waals surface area contributed by atoms with Crippen LogP contribution >= 0.6 is 11.6 Å². The van der Waals surface area contributed by atoms with Crippen molar-refractivity contribution in [2.24, 2.45) is 7.05 Å². The molecule has 24 heavy (non-hydrogen) atoms. The van der Waals surface area contributed by atoms with Gasteiger partial charge in [0.25, 0.3) is 0 Å². The zero-order valence-corrected chi connectivity index (χ0v) is 14.5. The van der Waals surface area contributed by atoms with Gasteiger partial charge in [-0.15, -0.1) is 5.10 Å². The summed E-state index contributed by atoms with van der Waals surface area (Å²) in [5, 5.41) is 11.8. The first-order valence-corrected chi connectivity index (χ1v) is 8.90. The number of nitrogens with zero attached hydrogens (tertiary/aromatic N) is 6. The number of hydrogen-bond donors (Lipinski definition) is 1. The van der Waals surface area contributed by atoms with E-state index >= 15 is 0 Å². The van der Waals surface area contributed by atoms with Gasteiger partial charge in [-0.1, -0.05) is 5.21 Å². The third-order valence-electron chi connectivity index (χ3n) is 5.04. The maximum Gasteiger partial charge on any atom is 0.226 e. The maximum absolute atomic E-state index is 6.02. The number of rotatable bonds is 3. The third kappa shape index (κ3) is 3.18. The lowest BCUT2D eigenvalue weighted by Crippen LogP contribution is -2.46. The van der Waals surface area contributed by atoms with Gasteiger partial charge in [-0.2, -0.15) is 9.97 Å². The molecule has 9 heteroatoms. The number of halogens is 1. The van der Waals surface area contributed by atoms with Gasteiger partial charge in [0.1, 0.15) is 5.52 Å². The second-order valence-corrected chi connectivity index (χ2v) is 6.86. The van der Waals surface area contributed by atoms with Crippen molar-refractivity contribution in [1.82, 2.24) is 29.9 Å². The molecular formula is C15H22ClN7O. The van der Waals surface area contributed by atoms with Gasteiger partial charge in [-0.25, -0.2) is 4.68 Å². The SMILES string of the molecule is Cn1nnc2nc(Cl)nc(N[C@H]3CC[C@H](N4CCOCC4)CC3)c21. The summed E-state index contributed by atoms with van der Waals surface area (Å²) in [4.78, 5) is 11.1. The van der Waals surface area contributed by atoms with Crippen LogP contribution < -0.4 is 5.32 Å². The minimum atomic E-state index is 0.201. The molecule has 130 valence electrons. The molecule has 1 N–H and O–H groups in total. The summed E-state index contributed by atoms with van der Waals surface area (Å²) in [6.07, 6.45) is 4.64. The normalized spacial score (nSPS) is 25.9. The van der Waals surface area contributed by atoms with Crippen molar-refractivity contribution >= 4 is 28.6 Å². The second-order valence-electron chi connectivity index (χ2n) is 6.52. The molecule has 2 aromatic heterocycles. The molecule has 2 aromatic rings. The molecule has 0 amide bonds. The minimum absolute atomic E-state index is 0.201. The Morgan fingerprint density at radius 2 is 1.88 bits per heavy atom. The van der Waals surface area contributed by atoms with Gasteiger partial charge < -0.3 is 10.1 Å². The fraction of sp³-hybridized carbons (Fsp3) is 0.733. The van der Waals surface area contributed by atoms with E-state index in [0.717, 1.165) is 50.5 Å². The Morgan fingerprint density at radius 1 is 1.12 bits per heavy atom. The van der Waals surface area contributed by atoms with Crippen molar-refractivity contribution in [3.63, 3.8) is 0 Å². The van der Waals surface area contributed by atoms with E-state index in [1.807, 2.05) is 7.05 Å². The fourth-order valence-corrected chi connectivity index (χ4v) is 3.92. The van der Waals surface area contributed by atoms with E-state index in [1.165, 1.54) is 12.8 Å². The molecule has 2 aliphatic rings. The maximum atomic E-state index is 6.02. The Bertz CT molecular complexity index is 707. The van der Waals surface area contributed by atoms with Crippen molar-refractivity contribution < 1.29 is 4.74 Å². The van der Waals surface area contributed by atoms with Gasteiger partial charge in [0.15, 0.2) is 5.82 Å². The molecule has 0 bridgehead atoms. The summed E-state index contributed by atoms with van der Waals surface area (Å²) in [6.45, 7) is 3.85. The highest BCUT2D eigenvalue weighted by molar-refractivity contribution is 6.28. The first-order valence-electron chi connectivity index (χ1n) is 8.52. The van der Waals surface area contributed by atoms with Crippen LogP contribution in [-0.4, -0.2) is 68.2 Å². The summed E-state index contributed by atoms with van der Waals surface area (Å²) in [7, 11) is 1.84. The van der Waals surface area contributed by atoms with E-state index < -0.39 is 0 Å². The predicted octanol–water partition coefficient (Wildman–Crippen LogP) is 1.47. The van der Waals surface area contributed by atoms with Crippen molar-refractivity contribution in [3.05, 3.63) is 5.28 Å². The standard InChI is InChI=1S/C15H22ClN7O/c1-22-12-13(18-15(16)19-14(12)20-21-22)17-10-2-4-11(5-3-10)23-6-8-24-9-7-23/h10-11H,2-9H2,1H3,(H,17,18,19)/t10-,11-. The number of aryl methyl sites for hydroxylation is 1. The molecule has 0 unspecified atom stereocenters. The Balaban J connectivity index is 1.43. The van der Waals surface area contributed by atoms with Gasteiger partial charge >= 0.3 is 0 Å². The Kier molecular flexibility index (Phi) is 4.51. The molecular weight excluding hydrogens is 330 g/mol. The number of ether oxygens (including phenoxy) is 1.